The van der Waals surface area contributed by atoms with Crippen LogP contribution in [-0.4, -0.2) is 41.7 Å². The van der Waals surface area contributed by atoms with E-state index in [0.29, 0.717) is 22.7 Å². The third-order valence-corrected chi connectivity index (χ3v) is 4.04. The summed E-state index contributed by atoms with van der Waals surface area (Å²) in [7, 11) is 2.00. The van der Waals surface area contributed by atoms with Gasteiger partial charge >= 0.3 is 0 Å². The van der Waals surface area contributed by atoms with Crippen LogP contribution >= 0.6 is 24.0 Å². The summed E-state index contributed by atoms with van der Waals surface area (Å²) in [5.74, 6) is 2.01. The summed E-state index contributed by atoms with van der Waals surface area (Å²) in [5.41, 5.74) is 0.920. The summed E-state index contributed by atoms with van der Waals surface area (Å²) in [4.78, 5) is 6.83. The molecule has 0 amide bonds. The van der Waals surface area contributed by atoms with E-state index in [9.17, 15) is 0 Å². The van der Waals surface area contributed by atoms with Gasteiger partial charge in [0.1, 0.15) is 0 Å². The molecule has 1 atom stereocenters. The Morgan fingerprint density at radius 3 is 2.86 bits per heavy atom. The monoisotopic (exact) mass is 342 g/mol. The SMILES string of the molecule is CNCC1CCN(Cc2nc(-c3ccc(Cl)cc3)no2)C1.Cl. The molecule has 0 spiro atoms. The van der Waals surface area contributed by atoms with Gasteiger partial charge in [-0.2, -0.15) is 4.98 Å². The zero-order chi connectivity index (χ0) is 14.7. The van der Waals surface area contributed by atoms with Crippen molar-refractivity contribution in [3.05, 3.63) is 35.2 Å². The molecule has 22 heavy (non-hydrogen) atoms. The van der Waals surface area contributed by atoms with E-state index < -0.39 is 0 Å². The Bertz CT molecular complexity index is 587. The Hall–Kier alpha value is -1.14. The third-order valence-electron chi connectivity index (χ3n) is 3.79. The second-order valence-corrected chi connectivity index (χ2v) is 5.90. The zero-order valence-corrected chi connectivity index (χ0v) is 14.0. The van der Waals surface area contributed by atoms with Gasteiger partial charge in [-0.25, -0.2) is 0 Å². The molecule has 0 aliphatic carbocycles. The lowest BCUT2D eigenvalue weighted by Crippen LogP contribution is -2.24. The predicted molar refractivity (Wildman–Crippen MR) is 89.3 cm³/mol. The van der Waals surface area contributed by atoms with Crippen molar-refractivity contribution < 1.29 is 4.52 Å². The summed E-state index contributed by atoms with van der Waals surface area (Å²) in [6.45, 7) is 3.96. The van der Waals surface area contributed by atoms with Crippen LogP contribution in [0.15, 0.2) is 28.8 Å². The molecule has 1 N–H and O–H groups in total. The first-order chi connectivity index (χ1) is 10.2. The van der Waals surface area contributed by atoms with E-state index in [1.807, 2.05) is 31.3 Å². The molecule has 1 aromatic heterocycles. The van der Waals surface area contributed by atoms with Crippen LogP contribution in [-0.2, 0) is 6.54 Å². The van der Waals surface area contributed by atoms with Gasteiger partial charge in [0.05, 0.1) is 6.54 Å². The fourth-order valence-corrected chi connectivity index (χ4v) is 2.86. The first-order valence-corrected chi connectivity index (χ1v) is 7.58. The number of rotatable bonds is 5. The number of benzene rings is 1. The van der Waals surface area contributed by atoms with Crippen molar-refractivity contribution in [3.63, 3.8) is 0 Å². The van der Waals surface area contributed by atoms with Crippen LogP contribution in [0.4, 0.5) is 0 Å². The molecule has 3 rings (SSSR count). The number of nitrogens with zero attached hydrogens (tertiary/aromatic N) is 3. The third kappa shape index (κ3) is 4.20. The minimum atomic E-state index is 0. The number of hydrogen-bond acceptors (Lipinski definition) is 5. The minimum absolute atomic E-state index is 0. The average molecular weight is 343 g/mol. The van der Waals surface area contributed by atoms with Crippen LogP contribution in [0.2, 0.25) is 5.02 Å². The predicted octanol–water partition coefficient (Wildman–Crippen LogP) is 2.85. The molecule has 2 heterocycles. The second kappa shape index (κ2) is 7.92. The Kier molecular flexibility index (Phi) is 6.20. The lowest BCUT2D eigenvalue weighted by molar-refractivity contribution is 0.260. The molecule has 0 saturated carbocycles. The maximum absolute atomic E-state index is 5.88. The Labute approximate surface area is 141 Å². The topological polar surface area (TPSA) is 54.2 Å². The van der Waals surface area contributed by atoms with E-state index in [1.165, 1.54) is 6.42 Å². The number of halogens is 2. The van der Waals surface area contributed by atoms with Crippen LogP contribution in [0, 0.1) is 5.92 Å². The van der Waals surface area contributed by atoms with Crippen molar-refractivity contribution in [2.75, 3.05) is 26.7 Å². The molecule has 1 aliphatic rings. The Balaban J connectivity index is 0.00000176. The van der Waals surface area contributed by atoms with Crippen molar-refractivity contribution in [2.24, 2.45) is 5.92 Å². The first kappa shape index (κ1) is 17.2. The van der Waals surface area contributed by atoms with Gasteiger partial charge in [0.15, 0.2) is 0 Å². The number of hydrogen-bond donors (Lipinski definition) is 1. The molecule has 0 bridgehead atoms. The highest BCUT2D eigenvalue weighted by atomic mass is 35.5. The van der Waals surface area contributed by atoms with E-state index in [4.69, 9.17) is 16.1 Å². The van der Waals surface area contributed by atoms with Crippen molar-refractivity contribution in [1.82, 2.24) is 20.4 Å². The van der Waals surface area contributed by atoms with Gasteiger partial charge in [0, 0.05) is 17.1 Å². The van der Waals surface area contributed by atoms with E-state index in [0.717, 1.165) is 31.7 Å². The van der Waals surface area contributed by atoms with E-state index in [2.05, 4.69) is 20.4 Å². The number of nitrogens with one attached hydrogen (secondary N) is 1. The Morgan fingerprint density at radius 1 is 1.36 bits per heavy atom. The normalized spacial score (nSPS) is 18.4. The zero-order valence-electron chi connectivity index (χ0n) is 12.5. The molecule has 7 heteroatoms. The molecule has 1 saturated heterocycles. The minimum Gasteiger partial charge on any atom is -0.338 e. The fourth-order valence-electron chi connectivity index (χ4n) is 2.74. The number of likely N-dealkylation sites (tertiary alicyclic amines) is 1. The Morgan fingerprint density at radius 2 is 2.14 bits per heavy atom. The average Bonchev–Trinajstić information content (AvgIpc) is 3.11. The van der Waals surface area contributed by atoms with E-state index in [-0.39, 0.29) is 12.4 Å². The van der Waals surface area contributed by atoms with Crippen molar-refractivity contribution in [3.8, 4) is 11.4 Å². The highest BCUT2D eigenvalue weighted by Gasteiger charge is 2.23. The molecule has 1 fully saturated rings. The second-order valence-electron chi connectivity index (χ2n) is 5.47. The van der Waals surface area contributed by atoms with Crippen molar-refractivity contribution in [2.45, 2.75) is 13.0 Å². The molecule has 0 radical (unpaired) electrons. The van der Waals surface area contributed by atoms with Gasteiger partial charge in [-0.05, 0) is 56.7 Å². The van der Waals surface area contributed by atoms with E-state index in [1.54, 1.807) is 0 Å². The number of aromatic nitrogens is 2. The van der Waals surface area contributed by atoms with E-state index >= 15 is 0 Å². The molecule has 1 aliphatic heterocycles. The summed E-state index contributed by atoms with van der Waals surface area (Å²) in [5, 5.41) is 7.98. The van der Waals surface area contributed by atoms with Gasteiger partial charge in [-0.1, -0.05) is 16.8 Å². The van der Waals surface area contributed by atoms with Gasteiger partial charge in [-0.15, -0.1) is 12.4 Å². The molecule has 1 aromatic carbocycles. The lowest BCUT2D eigenvalue weighted by Gasteiger charge is -2.12. The fraction of sp³-hybridized carbons (Fsp3) is 0.467. The molecule has 1 unspecified atom stereocenters. The van der Waals surface area contributed by atoms with Gasteiger partial charge in [0.2, 0.25) is 11.7 Å². The van der Waals surface area contributed by atoms with Gasteiger partial charge in [-0.3, -0.25) is 4.90 Å². The van der Waals surface area contributed by atoms with Gasteiger partial charge in [0.25, 0.3) is 0 Å². The summed E-state index contributed by atoms with van der Waals surface area (Å²) >= 11 is 5.88. The van der Waals surface area contributed by atoms with Gasteiger partial charge < -0.3 is 9.84 Å². The van der Waals surface area contributed by atoms with Crippen LogP contribution in [0.3, 0.4) is 0 Å². The maximum atomic E-state index is 5.88. The summed E-state index contributed by atoms with van der Waals surface area (Å²) in [6.07, 6.45) is 1.22. The van der Waals surface area contributed by atoms with Crippen molar-refractivity contribution in [1.29, 1.82) is 0 Å². The van der Waals surface area contributed by atoms with Crippen LogP contribution in [0.25, 0.3) is 11.4 Å². The summed E-state index contributed by atoms with van der Waals surface area (Å²) in [6, 6.07) is 7.46. The molecule has 5 nitrogen and oxygen atoms in total. The molecular weight excluding hydrogens is 323 g/mol. The highest BCUT2D eigenvalue weighted by molar-refractivity contribution is 6.30. The lowest BCUT2D eigenvalue weighted by atomic mass is 10.1. The van der Waals surface area contributed by atoms with Crippen molar-refractivity contribution >= 4 is 24.0 Å². The largest absolute Gasteiger partial charge is 0.338 e. The molecular formula is C15H20Cl2N4O. The quantitative estimate of drug-likeness (QED) is 0.905. The molecule has 120 valence electrons. The van der Waals surface area contributed by atoms with Crippen LogP contribution in [0.5, 0.6) is 0 Å². The highest BCUT2D eigenvalue weighted by Crippen LogP contribution is 2.21. The first-order valence-electron chi connectivity index (χ1n) is 7.20. The standard InChI is InChI=1S/C15H19ClN4O.ClH/c1-17-8-11-6-7-20(9-11)10-14-18-15(19-21-14)12-2-4-13(16)5-3-12;/h2-5,11,17H,6-10H2,1H3;1H. The smallest absolute Gasteiger partial charge is 0.241 e. The molecule has 2 aromatic rings. The maximum Gasteiger partial charge on any atom is 0.241 e. The van der Waals surface area contributed by atoms with Crippen LogP contribution in [0.1, 0.15) is 12.3 Å². The van der Waals surface area contributed by atoms with Crippen LogP contribution < -0.4 is 5.32 Å². The summed E-state index contributed by atoms with van der Waals surface area (Å²) < 4.78 is 5.36.